The molecule has 8 nitrogen and oxygen atoms in total. The lowest BCUT2D eigenvalue weighted by Gasteiger charge is -2.16. The van der Waals surface area contributed by atoms with Crippen LogP contribution in [0.2, 0.25) is 0 Å². The van der Waals surface area contributed by atoms with E-state index in [2.05, 4.69) is 9.36 Å². The summed E-state index contributed by atoms with van der Waals surface area (Å²) in [5.74, 6) is 0.318. The van der Waals surface area contributed by atoms with Gasteiger partial charge < -0.3 is 15.2 Å². The molecule has 4 rings (SSSR count). The maximum Gasteiger partial charge on any atom is 0.259 e. The Bertz CT molecular complexity index is 1070. The summed E-state index contributed by atoms with van der Waals surface area (Å²) in [5, 5.41) is 0.595. The molecular formula is C19H18N4O4S2. The van der Waals surface area contributed by atoms with Gasteiger partial charge in [0, 0.05) is 20.4 Å². The third-order valence-electron chi connectivity index (χ3n) is 4.63. The Morgan fingerprint density at radius 3 is 2.79 bits per heavy atom. The second-order valence-electron chi connectivity index (χ2n) is 6.46. The summed E-state index contributed by atoms with van der Waals surface area (Å²) in [6.45, 7) is -0.0230. The van der Waals surface area contributed by atoms with Crippen molar-refractivity contribution in [3.8, 4) is 21.3 Å². The first-order valence-corrected chi connectivity index (χ1v) is 10.4. The molecule has 0 aromatic carbocycles. The van der Waals surface area contributed by atoms with E-state index in [1.165, 1.54) is 34.9 Å². The van der Waals surface area contributed by atoms with Crippen LogP contribution in [0.15, 0.2) is 24.5 Å². The second kappa shape index (κ2) is 7.90. The summed E-state index contributed by atoms with van der Waals surface area (Å²) in [7, 11) is 3.09. The third kappa shape index (κ3) is 3.61. The van der Waals surface area contributed by atoms with Crippen molar-refractivity contribution in [1.82, 2.24) is 9.36 Å². The van der Waals surface area contributed by atoms with E-state index in [1.807, 2.05) is 6.20 Å². The predicted octanol–water partition coefficient (Wildman–Crippen LogP) is 2.87. The van der Waals surface area contributed by atoms with E-state index in [0.29, 0.717) is 21.5 Å². The smallest absolute Gasteiger partial charge is 0.259 e. The largest absolute Gasteiger partial charge is 0.444 e. The Balaban J connectivity index is 1.64. The molecule has 3 aromatic heterocycles. The van der Waals surface area contributed by atoms with Gasteiger partial charge in [-0.1, -0.05) is 11.3 Å². The minimum Gasteiger partial charge on any atom is -0.444 e. The van der Waals surface area contributed by atoms with E-state index in [0.717, 1.165) is 34.4 Å². The van der Waals surface area contributed by atoms with E-state index < -0.39 is 5.91 Å². The number of carbonyl (C=O) groups is 2. The van der Waals surface area contributed by atoms with Crippen molar-refractivity contribution in [2.24, 2.45) is 5.73 Å². The number of thiophene rings is 1. The third-order valence-corrected chi connectivity index (χ3v) is 6.62. The Morgan fingerprint density at radius 1 is 1.28 bits per heavy atom. The summed E-state index contributed by atoms with van der Waals surface area (Å²) in [5.41, 5.74) is 8.55. The van der Waals surface area contributed by atoms with Crippen LogP contribution >= 0.6 is 22.9 Å². The topological polar surface area (TPSA) is 108 Å². The maximum absolute atomic E-state index is 11.9. The van der Waals surface area contributed by atoms with Gasteiger partial charge in [-0.15, -0.1) is 0 Å². The molecule has 0 radical (unpaired) electrons. The van der Waals surface area contributed by atoms with Gasteiger partial charge in [0.1, 0.15) is 18.2 Å². The quantitative estimate of drug-likeness (QED) is 0.644. The van der Waals surface area contributed by atoms with Crippen molar-refractivity contribution >= 4 is 40.5 Å². The van der Waals surface area contributed by atoms with Gasteiger partial charge in [-0.2, -0.15) is 0 Å². The van der Waals surface area contributed by atoms with Gasteiger partial charge in [0.15, 0.2) is 5.06 Å². The zero-order valence-corrected chi connectivity index (χ0v) is 17.4. The molecule has 2 N–H and O–H groups in total. The predicted molar refractivity (Wildman–Crippen MR) is 111 cm³/mol. The minimum absolute atomic E-state index is 0.0230. The fourth-order valence-corrected chi connectivity index (χ4v) is 5.18. The number of hydrogen-bond donors (Lipinski definition) is 1. The van der Waals surface area contributed by atoms with Gasteiger partial charge in [0.2, 0.25) is 0 Å². The number of aromatic nitrogens is 2. The number of ether oxygens (including phenoxy) is 2. The molecule has 0 saturated heterocycles. The lowest BCUT2D eigenvalue weighted by Crippen LogP contribution is -2.30. The van der Waals surface area contributed by atoms with Crippen LogP contribution < -0.4 is 15.4 Å². The molecule has 150 valence electrons. The number of anilines is 1. The number of carbonyl (C=O) groups excluding carboxylic acids is 2. The molecule has 0 unspecified atom stereocenters. The molecule has 0 fully saturated rings. The maximum atomic E-state index is 11.9. The molecule has 0 spiro atoms. The summed E-state index contributed by atoms with van der Waals surface area (Å²) in [4.78, 5) is 31.1. The van der Waals surface area contributed by atoms with Crippen molar-refractivity contribution in [3.63, 3.8) is 0 Å². The van der Waals surface area contributed by atoms with E-state index in [4.69, 9.17) is 15.2 Å². The number of fused-ring (bicyclic) bond motifs is 3. The van der Waals surface area contributed by atoms with Crippen molar-refractivity contribution in [1.29, 1.82) is 0 Å². The van der Waals surface area contributed by atoms with Gasteiger partial charge in [-0.05, 0) is 47.6 Å². The molecule has 1 aliphatic rings. The van der Waals surface area contributed by atoms with Gasteiger partial charge in [0.05, 0.1) is 21.5 Å². The molecule has 0 aliphatic heterocycles. The molecule has 29 heavy (non-hydrogen) atoms. The molecule has 1 aliphatic carbocycles. The van der Waals surface area contributed by atoms with Crippen LogP contribution in [-0.4, -0.2) is 41.9 Å². The van der Waals surface area contributed by atoms with Crippen molar-refractivity contribution < 1.29 is 19.1 Å². The Labute approximate surface area is 175 Å². The average molecular weight is 431 g/mol. The van der Waals surface area contributed by atoms with Crippen LogP contribution in [0.25, 0.3) is 10.4 Å². The van der Waals surface area contributed by atoms with Crippen LogP contribution in [-0.2, 0) is 22.4 Å². The highest BCUT2D eigenvalue weighted by Gasteiger charge is 2.30. The highest BCUT2D eigenvalue weighted by Crippen LogP contribution is 2.49. The molecule has 2 amide bonds. The Morgan fingerprint density at radius 2 is 2.10 bits per heavy atom. The summed E-state index contributed by atoms with van der Waals surface area (Å²) in [6, 6.07) is 3.42. The first-order valence-electron chi connectivity index (χ1n) is 8.78. The zero-order valence-electron chi connectivity index (χ0n) is 15.8. The average Bonchev–Trinajstić information content (AvgIpc) is 3.32. The fourth-order valence-electron chi connectivity index (χ4n) is 3.17. The first kappa shape index (κ1) is 19.5. The van der Waals surface area contributed by atoms with Gasteiger partial charge in [-0.3, -0.25) is 14.5 Å². The summed E-state index contributed by atoms with van der Waals surface area (Å²) in [6.07, 6.45) is 4.95. The highest BCUT2D eigenvalue weighted by atomic mass is 32.1. The van der Waals surface area contributed by atoms with Gasteiger partial charge >= 0.3 is 0 Å². The SMILES string of the molecule is COCC(=O)N(C)c1ccc(Oc2sc(C(N)=O)c3c2-c2sncc2CC3)cn1. The first-order chi connectivity index (χ1) is 14.0. The monoisotopic (exact) mass is 430 g/mol. The minimum atomic E-state index is -0.458. The van der Waals surface area contributed by atoms with Crippen molar-refractivity contribution in [2.75, 3.05) is 25.7 Å². The van der Waals surface area contributed by atoms with E-state index in [-0.39, 0.29) is 12.5 Å². The molecular weight excluding hydrogens is 412 g/mol. The standard InChI is InChI=1S/C19H18N4O4S2/c1-23(14(24)9-26-2)13-6-4-11(8-21-13)27-19-15-12(17(28-19)18(20)25)5-3-10-7-22-29-16(10)15/h4,6-8H,3,5,9H2,1-2H3,(H2,20,25). The molecule has 3 heterocycles. The number of methoxy groups -OCH3 is 1. The number of amides is 2. The van der Waals surface area contributed by atoms with Gasteiger partial charge in [0.25, 0.3) is 11.8 Å². The van der Waals surface area contributed by atoms with E-state index >= 15 is 0 Å². The molecule has 0 saturated carbocycles. The molecule has 10 heteroatoms. The van der Waals surface area contributed by atoms with Crippen LogP contribution in [0.4, 0.5) is 5.82 Å². The number of likely N-dealkylation sites (N-methyl/N-ethyl adjacent to an activating group) is 1. The number of aryl methyl sites for hydroxylation is 1. The lowest BCUT2D eigenvalue weighted by atomic mass is 9.93. The Kier molecular flexibility index (Phi) is 5.31. The van der Waals surface area contributed by atoms with E-state index in [1.54, 1.807) is 25.4 Å². The molecule has 0 bridgehead atoms. The van der Waals surface area contributed by atoms with E-state index in [9.17, 15) is 9.59 Å². The number of nitrogens with zero attached hydrogens (tertiary/aromatic N) is 3. The van der Waals surface area contributed by atoms with Crippen LogP contribution in [0.3, 0.4) is 0 Å². The molecule has 0 atom stereocenters. The summed E-state index contributed by atoms with van der Waals surface area (Å²) >= 11 is 2.63. The summed E-state index contributed by atoms with van der Waals surface area (Å²) < 4.78 is 15.2. The van der Waals surface area contributed by atoms with Crippen LogP contribution in [0.5, 0.6) is 10.8 Å². The second-order valence-corrected chi connectivity index (χ2v) is 8.24. The van der Waals surface area contributed by atoms with Crippen molar-refractivity contribution in [3.05, 3.63) is 40.5 Å². The lowest BCUT2D eigenvalue weighted by molar-refractivity contribution is -0.121. The normalized spacial score (nSPS) is 12.2. The zero-order chi connectivity index (χ0) is 20.5. The number of hydrogen-bond acceptors (Lipinski definition) is 8. The number of primary amides is 1. The number of nitrogens with two attached hydrogens (primary N) is 1. The van der Waals surface area contributed by atoms with Crippen LogP contribution in [0, 0.1) is 0 Å². The fraction of sp³-hybridized carbons (Fsp3) is 0.263. The Hall–Kier alpha value is -2.82. The number of pyridine rings is 1. The number of rotatable bonds is 6. The molecule has 3 aromatic rings. The van der Waals surface area contributed by atoms with Crippen molar-refractivity contribution in [2.45, 2.75) is 12.8 Å². The highest BCUT2D eigenvalue weighted by molar-refractivity contribution is 7.17. The van der Waals surface area contributed by atoms with Crippen LogP contribution in [0.1, 0.15) is 20.8 Å². The van der Waals surface area contributed by atoms with Gasteiger partial charge in [-0.25, -0.2) is 9.36 Å².